The summed E-state index contributed by atoms with van der Waals surface area (Å²) in [6, 6.07) is 0. The van der Waals surface area contributed by atoms with E-state index in [9.17, 15) is 8.42 Å². The Bertz CT molecular complexity index is 296. The van der Waals surface area contributed by atoms with Crippen LogP contribution < -0.4 is 4.72 Å². The Labute approximate surface area is 73.6 Å². The fraction of sp³-hybridized carbons (Fsp3) is 0.750. The van der Waals surface area contributed by atoms with E-state index in [4.69, 9.17) is 6.42 Å². The Hall–Kier alpha value is -0.530. The quantitative estimate of drug-likeness (QED) is 0.653. The second kappa shape index (κ2) is 3.08. The van der Waals surface area contributed by atoms with Gasteiger partial charge in [0.2, 0.25) is 10.0 Å². The van der Waals surface area contributed by atoms with Crippen molar-refractivity contribution >= 4 is 10.0 Å². The van der Waals surface area contributed by atoms with Crippen LogP contribution in [0.4, 0.5) is 0 Å². The minimum Gasteiger partial charge on any atom is -0.214 e. The summed E-state index contributed by atoms with van der Waals surface area (Å²) in [6.45, 7) is 2.16. The Kier molecular flexibility index (Phi) is 2.45. The van der Waals surface area contributed by atoms with Crippen molar-refractivity contribution < 1.29 is 8.42 Å². The number of terminal acetylenes is 1. The first-order valence-corrected chi connectivity index (χ1v) is 5.53. The van der Waals surface area contributed by atoms with Crippen LogP contribution in [0.3, 0.4) is 0 Å². The molecule has 3 nitrogen and oxygen atoms in total. The highest BCUT2D eigenvalue weighted by Gasteiger charge is 2.47. The molecule has 1 aliphatic carbocycles. The number of nitrogens with one attached hydrogen (secondary N) is 1. The summed E-state index contributed by atoms with van der Waals surface area (Å²) in [5.74, 6) is 2.39. The number of hydrogen-bond donors (Lipinski definition) is 1. The lowest BCUT2D eigenvalue weighted by Gasteiger charge is -2.35. The first-order chi connectivity index (χ1) is 5.58. The lowest BCUT2D eigenvalue weighted by atomic mass is 9.85. The van der Waals surface area contributed by atoms with Crippen molar-refractivity contribution in [3.63, 3.8) is 0 Å². The zero-order valence-corrected chi connectivity index (χ0v) is 7.95. The van der Waals surface area contributed by atoms with Gasteiger partial charge in [-0.25, -0.2) is 13.1 Å². The van der Waals surface area contributed by atoms with Crippen LogP contribution in [0.2, 0.25) is 0 Å². The van der Waals surface area contributed by atoms with Gasteiger partial charge in [-0.1, -0.05) is 12.8 Å². The van der Waals surface area contributed by atoms with Gasteiger partial charge in [-0.15, -0.1) is 6.42 Å². The Morgan fingerprint density at radius 2 is 2.17 bits per heavy atom. The highest BCUT2D eigenvalue weighted by molar-refractivity contribution is 7.91. The summed E-state index contributed by atoms with van der Waals surface area (Å²) in [5, 5.41) is 0. The van der Waals surface area contributed by atoms with Crippen molar-refractivity contribution in [2.24, 2.45) is 0 Å². The average Bonchev–Trinajstić information content (AvgIpc) is 1.84. The first-order valence-electron chi connectivity index (χ1n) is 4.05. The summed E-state index contributed by atoms with van der Waals surface area (Å²) in [4.78, 5) is 0. The van der Waals surface area contributed by atoms with Crippen LogP contribution in [0.5, 0.6) is 0 Å². The van der Waals surface area contributed by atoms with Crippen molar-refractivity contribution in [3.05, 3.63) is 0 Å². The second-order valence-corrected chi connectivity index (χ2v) is 5.07. The average molecular weight is 187 g/mol. The Morgan fingerprint density at radius 3 is 2.42 bits per heavy atom. The van der Waals surface area contributed by atoms with Crippen LogP contribution in [0.25, 0.3) is 0 Å². The number of rotatable bonds is 3. The maximum atomic E-state index is 11.5. The smallest absolute Gasteiger partial charge is 0.214 e. The van der Waals surface area contributed by atoms with E-state index >= 15 is 0 Å². The molecule has 1 fully saturated rings. The molecule has 1 saturated carbocycles. The number of sulfonamides is 1. The molecule has 0 aromatic rings. The first kappa shape index (κ1) is 9.56. The summed E-state index contributed by atoms with van der Waals surface area (Å²) < 4.78 is 24.6. The van der Waals surface area contributed by atoms with Gasteiger partial charge < -0.3 is 0 Å². The highest BCUT2D eigenvalue weighted by atomic mass is 32.2. The maximum absolute atomic E-state index is 11.5. The third kappa shape index (κ3) is 1.23. The molecule has 0 heterocycles. The molecule has 0 atom stereocenters. The van der Waals surface area contributed by atoms with Crippen LogP contribution in [0.15, 0.2) is 0 Å². The molecule has 0 aliphatic heterocycles. The van der Waals surface area contributed by atoms with Gasteiger partial charge in [-0.3, -0.25) is 0 Å². The van der Waals surface area contributed by atoms with Gasteiger partial charge in [-0.2, -0.15) is 0 Å². The van der Waals surface area contributed by atoms with Gasteiger partial charge in [0.15, 0.2) is 0 Å². The predicted molar refractivity (Wildman–Crippen MR) is 48.0 cm³/mol. The molecule has 1 aliphatic rings. The van der Waals surface area contributed by atoms with E-state index in [-0.39, 0.29) is 0 Å². The lowest BCUT2D eigenvalue weighted by molar-refractivity contribution is 0.405. The SMILES string of the molecule is C#CC1(S(=O)(=O)NCC)CCC1. The molecule has 0 aromatic carbocycles. The molecule has 0 radical (unpaired) electrons. The van der Waals surface area contributed by atoms with Crippen LogP contribution in [-0.2, 0) is 10.0 Å². The molecule has 0 aromatic heterocycles. The minimum absolute atomic E-state index is 0.408. The summed E-state index contributed by atoms with van der Waals surface area (Å²) >= 11 is 0. The fourth-order valence-corrected chi connectivity index (χ4v) is 2.95. The van der Waals surface area contributed by atoms with Crippen LogP contribution in [-0.4, -0.2) is 19.7 Å². The zero-order valence-electron chi connectivity index (χ0n) is 7.13. The molecule has 1 rings (SSSR count). The van der Waals surface area contributed by atoms with Gasteiger partial charge in [0.25, 0.3) is 0 Å². The van der Waals surface area contributed by atoms with E-state index in [0.717, 1.165) is 6.42 Å². The van der Waals surface area contributed by atoms with Gasteiger partial charge in [0.1, 0.15) is 4.75 Å². The third-order valence-corrected chi connectivity index (χ3v) is 4.50. The predicted octanol–water partition coefficient (Wildman–Crippen LogP) is 0.482. The summed E-state index contributed by atoms with van der Waals surface area (Å²) in [6.07, 6.45) is 7.32. The van der Waals surface area contributed by atoms with E-state index in [1.54, 1.807) is 6.92 Å². The third-order valence-electron chi connectivity index (χ3n) is 2.27. The van der Waals surface area contributed by atoms with E-state index in [0.29, 0.717) is 19.4 Å². The maximum Gasteiger partial charge on any atom is 0.228 e. The fourth-order valence-electron chi connectivity index (χ4n) is 1.32. The van der Waals surface area contributed by atoms with Crippen molar-refractivity contribution in [3.8, 4) is 12.3 Å². The molecule has 0 amide bonds. The second-order valence-electron chi connectivity index (χ2n) is 2.99. The molecule has 1 N–H and O–H groups in total. The van der Waals surface area contributed by atoms with Crippen LogP contribution >= 0.6 is 0 Å². The Balaban J connectivity index is 2.88. The van der Waals surface area contributed by atoms with Crippen molar-refractivity contribution in [2.45, 2.75) is 30.9 Å². The molecule has 0 unspecified atom stereocenters. The monoisotopic (exact) mass is 187 g/mol. The zero-order chi connectivity index (χ0) is 9.24. The molecule has 4 heteroatoms. The van der Waals surface area contributed by atoms with E-state index in [1.807, 2.05) is 0 Å². The van der Waals surface area contributed by atoms with Crippen molar-refractivity contribution in [1.82, 2.24) is 4.72 Å². The van der Waals surface area contributed by atoms with E-state index in [2.05, 4.69) is 10.6 Å². The van der Waals surface area contributed by atoms with Gasteiger partial charge in [0.05, 0.1) is 0 Å². The molecule has 0 bridgehead atoms. The summed E-state index contributed by atoms with van der Waals surface area (Å²) in [7, 11) is -3.27. The van der Waals surface area contributed by atoms with Crippen molar-refractivity contribution in [2.75, 3.05) is 6.54 Å². The topological polar surface area (TPSA) is 46.2 Å². The van der Waals surface area contributed by atoms with Crippen molar-refractivity contribution in [1.29, 1.82) is 0 Å². The van der Waals surface area contributed by atoms with E-state index < -0.39 is 14.8 Å². The van der Waals surface area contributed by atoms with Gasteiger partial charge in [0, 0.05) is 6.54 Å². The molecule has 68 valence electrons. The Morgan fingerprint density at radius 1 is 1.58 bits per heavy atom. The van der Waals surface area contributed by atoms with E-state index in [1.165, 1.54) is 0 Å². The molecular weight excluding hydrogens is 174 g/mol. The van der Waals surface area contributed by atoms with Crippen LogP contribution in [0.1, 0.15) is 26.2 Å². The summed E-state index contributed by atoms with van der Waals surface area (Å²) in [5.41, 5.74) is 0. The van der Waals surface area contributed by atoms with Gasteiger partial charge in [-0.05, 0) is 19.3 Å². The molecular formula is C8H13NO2S. The standard InChI is InChI=1S/C8H13NO2S/c1-3-8(6-5-7-8)12(10,11)9-4-2/h1,9H,4-7H2,2H3. The molecule has 12 heavy (non-hydrogen) atoms. The van der Waals surface area contributed by atoms with Gasteiger partial charge >= 0.3 is 0 Å². The highest BCUT2D eigenvalue weighted by Crippen LogP contribution is 2.37. The number of hydrogen-bond acceptors (Lipinski definition) is 2. The minimum atomic E-state index is -3.27. The van der Waals surface area contributed by atoms with Crippen LogP contribution in [0, 0.1) is 12.3 Å². The lowest BCUT2D eigenvalue weighted by Crippen LogP contribution is -2.49. The normalized spacial score (nSPS) is 21.0. The molecule has 0 saturated heterocycles. The molecule has 0 spiro atoms. The largest absolute Gasteiger partial charge is 0.228 e.